The highest BCUT2D eigenvalue weighted by Crippen LogP contribution is 2.11. The van der Waals surface area contributed by atoms with Crippen LogP contribution in [0, 0.1) is 5.92 Å². The Morgan fingerprint density at radius 1 is 1.15 bits per heavy atom. The van der Waals surface area contributed by atoms with E-state index in [2.05, 4.69) is 32.6 Å². The molecule has 0 aliphatic carbocycles. The zero-order chi connectivity index (χ0) is 10.3. The van der Waals surface area contributed by atoms with Gasteiger partial charge in [-0.15, -0.1) is 11.6 Å². The number of alkyl halides is 1. The summed E-state index contributed by atoms with van der Waals surface area (Å²) in [5.74, 6) is 1.49. The Balaban J connectivity index is 4.03. The smallest absolute Gasteiger partial charge is 0.0351 e. The van der Waals surface area contributed by atoms with Crippen molar-refractivity contribution in [2.24, 2.45) is 5.92 Å². The predicted molar refractivity (Wildman–Crippen MR) is 61.5 cm³/mol. The molecule has 0 bridgehead atoms. The molecule has 0 N–H and O–H groups in total. The summed E-state index contributed by atoms with van der Waals surface area (Å²) in [6.07, 6.45) is 2.47. The fourth-order valence-electron chi connectivity index (χ4n) is 1.81. The molecule has 0 aromatic rings. The second-order valence-electron chi connectivity index (χ2n) is 4.05. The second kappa shape index (κ2) is 7.64. The van der Waals surface area contributed by atoms with Crippen molar-refractivity contribution < 1.29 is 0 Å². The SMILES string of the molecule is CCC(CC)N(CCCl)CC(C)C. The molecule has 0 atom stereocenters. The standard InChI is InChI=1S/C11H24ClN/c1-5-11(6-2)13(8-7-12)9-10(3)4/h10-11H,5-9H2,1-4H3. The molecule has 1 nitrogen and oxygen atoms in total. The van der Waals surface area contributed by atoms with Gasteiger partial charge in [0.15, 0.2) is 0 Å². The average molecular weight is 206 g/mol. The highest BCUT2D eigenvalue weighted by atomic mass is 35.5. The van der Waals surface area contributed by atoms with E-state index in [4.69, 9.17) is 11.6 Å². The second-order valence-corrected chi connectivity index (χ2v) is 4.43. The first kappa shape index (κ1) is 13.2. The number of hydrogen-bond acceptors (Lipinski definition) is 1. The first-order valence-electron chi connectivity index (χ1n) is 5.45. The molecule has 2 heteroatoms. The van der Waals surface area contributed by atoms with Gasteiger partial charge in [-0.05, 0) is 18.8 Å². The summed E-state index contributed by atoms with van der Waals surface area (Å²) >= 11 is 5.80. The number of halogens is 1. The van der Waals surface area contributed by atoms with E-state index in [9.17, 15) is 0 Å². The van der Waals surface area contributed by atoms with Gasteiger partial charge in [0, 0.05) is 25.0 Å². The summed E-state index contributed by atoms with van der Waals surface area (Å²) in [6.45, 7) is 11.3. The summed E-state index contributed by atoms with van der Waals surface area (Å²) in [7, 11) is 0. The molecule has 80 valence electrons. The zero-order valence-corrected chi connectivity index (χ0v) is 10.3. The molecular weight excluding hydrogens is 182 g/mol. The summed E-state index contributed by atoms with van der Waals surface area (Å²) in [5.41, 5.74) is 0. The van der Waals surface area contributed by atoms with Crippen LogP contribution >= 0.6 is 11.6 Å². The topological polar surface area (TPSA) is 3.24 Å². The van der Waals surface area contributed by atoms with Gasteiger partial charge in [0.05, 0.1) is 0 Å². The molecule has 13 heavy (non-hydrogen) atoms. The molecule has 0 aromatic carbocycles. The van der Waals surface area contributed by atoms with Gasteiger partial charge < -0.3 is 0 Å². The molecule has 0 unspecified atom stereocenters. The van der Waals surface area contributed by atoms with Crippen LogP contribution in [0.1, 0.15) is 40.5 Å². The summed E-state index contributed by atoms with van der Waals surface area (Å²) in [4.78, 5) is 2.53. The van der Waals surface area contributed by atoms with Gasteiger partial charge in [-0.2, -0.15) is 0 Å². The molecular formula is C11H24ClN. The van der Waals surface area contributed by atoms with Crippen LogP contribution in [0.2, 0.25) is 0 Å². The fraction of sp³-hybridized carbons (Fsp3) is 1.00. The monoisotopic (exact) mass is 205 g/mol. The van der Waals surface area contributed by atoms with Gasteiger partial charge in [-0.25, -0.2) is 0 Å². The molecule has 0 aliphatic rings. The highest BCUT2D eigenvalue weighted by molar-refractivity contribution is 6.18. The lowest BCUT2D eigenvalue weighted by Gasteiger charge is -2.31. The van der Waals surface area contributed by atoms with Crippen molar-refractivity contribution in [3.05, 3.63) is 0 Å². The van der Waals surface area contributed by atoms with Gasteiger partial charge in [0.25, 0.3) is 0 Å². The van der Waals surface area contributed by atoms with Gasteiger partial charge >= 0.3 is 0 Å². The third-order valence-corrected chi connectivity index (χ3v) is 2.60. The van der Waals surface area contributed by atoms with Crippen LogP contribution in [-0.2, 0) is 0 Å². The molecule has 0 amide bonds. The van der Waals surface area contributed by atoms with E-state index in [1.165, 1.54) is 19.4 Å². The van der Waals surface area contributed by atoms with Crippen molar-refractivity contribution in [3.8, 4) is 0 Å². The van der Waals surface area contributed by atoms with E-state index in [1.807, 2.05) is 0 Å². The van der Waals surface area contributed by atoms with Crippen molar-refractivity contribution in [3.63, 3.8) is 0 Å². The van der Waals surface area contributed by atoms with Crippen molar-refractivity contribution in [2.75, 3.05) is 19.0 Å². The summed E-state index contributed by atoms with van der Waals surface area (Å²) in [6, 6.07) is 0.723. The Morgan fingerprint density at radius 2 is 1.69 bits per heavy atom. The van der Waals surface area contributed by atoms with Gasteiger partial charge in [-0.1, -0.05) is 27.7 Å². The predicted octanol–water partition coefficient (Wildman–Crippen LogP) is 3.37. The number of rotatable bonds is 7. The van der Waals surface area contributed by atoms with E-state index >= 15 is 0 Å². The fourth-order valence-corrected chi connectivity index (χ4v) is 2.02. The normalized spacial score (nSPS) is 12.0. The molecule has 0 fully saturated rings. The Labute approximate surface area is 88.5 Å². The van der Waals surface area contributed by atoms with E-state index in [0.29, 0.717) is 0 Å². The number of nitrogens with zero attached hydrogens (tertiary/aromatic N) is 1. The van der Waals surface area contributed by atoms with Crippen LogP contribution in [0.3, 0.4) is 0 Å². The van der Waals surface area contributed by atoms with Crippen molar-refractivity contribution in [1.29, 1.82) is 0 Å². The maximum absolute atomic E-state index is 5.80. The minimum atomic E-state index is 0.723. The highest BCUT2D eigenvalue weighted by Gasteiger charge is 2.14. The Kier molecular flexibility index (Phi) is 7.78. The Morgan fingerprint density at radius 3 is 2.00 bits per heavy atom. The third-order valence-electron chi connectivity index (χ3n) is 2.43. The molecule has 0 saturated carbocycles. The van der Waals surface area contributed by atoms with Crippen LogP contribution in [0.15, 0.2) is 0 Å². The van der Waals surface area contributed by atoms with Crippen LogP contribution < -0.4 is 0 Å². The third kappa shape index (κ3) is 5.53. The lowest BCUT2D eigenvalue weighted by Crippen LogP contribution is -2.38. The van der Waals surface area contributed by atoms with Crippen LogP contribution in [0.4, 0.5) is 0 Å². The Bertz CT molecular complexity index is 111. The van der Waals surface area contributed by atoms with E-state index < -0.39 is 0 Å². The van der Waals surface area contributed by atoms with Gasteiger partial charge in [-0.3, -0.25) is 4.90 Å². The van der Waals surface area contributed by atoms with Crippen LogP contribution in [0.5, 0.6) is 0 Å². The molecule has 0 aromatic heterocycles. The average Bonchev–Trinajstić information content (AvgIpc) is 2.05. The van der Waals surface area contributed by atoms with E-state index in [0.717, 1.165) is 24.4 Å². The van der Waals surface area contributed by atoms with Crippen LogP contribution in [-0.4, -0.2) is 29.9 Å². The van der Waals surface area contributed by atoms with Crippen molar-refractivity contribution in [2.45, 2.75) is 46.6 Å². The zero-order valence-electron chi connectivity index (χ0n) is 9.52. The van der Waals surface area contributed by atoms with E-state index in [1.54, 1.807) is 0 Å². The first-order chi connectivity index (χ1) is 6.15. The minimum absolute atomic E-state index is 0.723. The molecule has 0 heterocycles. The number of hydrogen-bond donors (Lipinski definition) is 0. The first-order valence-corrected chi connectivity index (χ1v) is 5.99. The van der Waals surface area contributed by atoms with Crippen LogP contribution in [0.25, 0.3) is 0 Å². The molecule has 0 rings (SSSR count). The maximum Gasteiger partial charge on any atom is 0.0351 e. The van der Waals surface area contributed by atoms with E-state index in [-0.39, 0.29) is 0 Å². The van der Waals surface area contributed by atoms with Gasteiger partial charge in [0.1, 0.15) is 0 Å². The molecule has 0 aliphatic heterocycles. The van der Waals surface area contributed by atoms with Crippen molar-refractivity contribution in [1.82, 2.24) is 4.90 Å². The maximum atomic E-state index is 5.80. The van der Waals surface area contributed by atoms with Crippen molar-refractivity contribution >= 4 is 11.6 Å². The minimum Gasteiger partial charge on any atom is -0.299 e. The largest absolute Gasteiger partial charge is 0.299 e. The summed E-state index contributed by atoms with van der Waals surface area (Å²) < 4.78 is 0. The summed E-state index contributed by atoms with van der Waals surface area (Å²) in [5, 5.41) is 0. The molecule has 0 saturated heterocycles. The van der Waals surface area contributed by atoms with Gasteiger partial charge in [0.2, 0.25) is 0 Å². The lowest BCUT2D eigenvalue weighted by molar-refractivity contribution is 0.176. The molecule has 0 spiro atoms. The quantitative estimate of drug-likeness (QED) is 0.577. The molecule has 0 radical (unpaired) electrons. The Hall–Kier alpha value is 0.250. The lowest BCUT2D eigenvalue weighted by atomic mass is 10.1.